The fourth-order valence-electron chi connectivity index (χ4n) is 3.70. The van der Waals surface area contributed by atoms with Crippen molar-refractivity contribution in [3.63, 3.8) is 0 Å². The highest BCUT2D eigenvalue weighted by Gasteiger charge is 2.21. The zero-order valence-electron chi connectivity index (χ0n) is 17.3. The van der Waals surface area contributed by atoms with Crippen molar-refractivity contribution >= 4 is 23.0 Å². The molecule has 1 aliphatic heterocycles. The van der Waals surface area contributed by atoms with Gasteiger partial charge in [-0.2, -0.15) is 5.10 Å². The van der Waals surface area contributed by atoms with Crippen LogP contribution < -0.4 is 15.8 Å². The number of anilines is 1. The van der Waals surface area contributed by atoms with Gasteiger partial charge in [-0.05, 0) is 31.0 Å². The Morgan fingerprint density at radius 2 is 1.97 bits per heavy atom. The highest BCUT2D eigenvalue weighted by Crippen LogP contribution is 2.20. The number of fused-ring (bicyclic) bond motifs is 1. The van der Waals surface area contributed by atoms with Crippen LogP contribution in [0.4, 0.5) is 5.95 Å². The molecule has 9 heteroatoms. The van der Waals surface area contributed by atoms with Crippen molar-refractivity contribution in [2.24, 2.45) is 0 Å². The summed E-state index contributed by atoms with van der Waals surface area (Å²) >= 11 is 0. The molecule has 31 heavy (non-hydrogen) atoms. The minimum absolute atomic E-state index is 0.202. The van der Waals surface area contributed by atoms with E-state index in [1.807, 2.05) is 4.57 Å². The first kappa shape index (κ1) is 20.6. The number of hydrogen-bond acceptors (Lipinski definition) is 6. The Morgan fingerprint density at radius 3 is 2.65 bits per heavy atom. The summed E-state index contributed by atoms with van der Waals surface area (Å²) in [6.45, 7) is 5.92. The van der Waals surface area contributed by atoms with E-state index in [-0.39, 0.29) is 11.1 Å². The number of aryl methyl sites for hydroxylation is 2. The second-order valence-electron chi connectivity index (χ2n) is 7.32. The minimum Gasteiger partial charge on any atom is -0.478 e. The van der Waals surface area contributed by atoms with Gasteiger partial charge in [0.1, 0.15) is 11.0 Å². The van der Waals surface area contributed by atoms with Gasteiger partial charge in [-0.15, -0.1) is 5.92 Å². The lowest BCUT2D eigenvalue weighted by Gasteiger charge is -2.28. The Kier molecular flexibility index (Phi) is 6.00. The number of carboxylic acid groups (broad SMARTS) is 1. The molecule has 2 N–H and O–H groups in total. The van der Waals surface area contributed by atoms with Gasteiger partial charge in [-0.25, -0.2) is 14.5 Å². The number of piperazine rings is 1. The number of hydrogen-bond donors (Lipinski definition) is 2. The van der Waals surface area contributed by atoms with E-state index in [0.29, 0.717) is 30.5 Å². The molecule has 2 aromatic heterocycles. The Morgan fingerprint density at radius 1 is 1.23 bits per heavy atom. The second-order valence-corrected chi connectivity index (χ2v) is 7.32. The third kappa shape index (κ3) is 4.29. The smallest absolute Gasteiger partial charge is 0.335 e. The van der Waals surface area contributed by atoms with Crippen molar-refractivity contribution in [2.45, 2.75) is 26.4 Å². The van der Waals surface area contributed by atoms with Crippen molar-refractivity contribution in [3.8, 4) is 11.8 Å². The van der Waals surface area contributed by atoms with E-state index in [1.165, 1.54) is 4.68 Å². The Labute approximate surface area is 179 Å². The maximum absolute atomic E-state index is 13.3. The highest BCUT2D eigenvalue weighted by atomic mass is 16.4. The van der Waals surface area contributed by atoms with E-state index in [0.717, 1.165) is 37.7 Å². The molecule has 3 heterocycles. The molecule has 0 spiro atoms. The third-order valence-electron chi connectivity index (χ3n) is 5.36. The summed E-state index contributed by atoms with van der Waals surface area (Å²) in [5.41, 5.74) is 2.05. The minimum atomic E-state index is -0.960. The largest absolute Gasteiger partial charge is 0.478 e. The number of rotatable bonds is 6. The molecule has 160 valence electrons. The molecule has 1 aromatic carbocycles. The van der Waals surface area contributed by atoms with Crippen molar-refractivity contribution in [1.29, 1.82) is 0 Å². The van der Waals surface area contributed by atoms with Crippen LogP contribution in [0.15, 0.2) is 35.3 Å². The SMILES string of the molecule is CC#CCn1c(N2CCNCC2)nc2cnn(CCc3ccc(C(=O)O)cc3)c(=O)c21. The van der Waals surface area contributed by atoms with E-state index in [1.54, 1.807) is 37.4 Å². The number of carboxylic acids is 1. The Hall–Kier alpha value is -3.64. The number of carbonyl (C=O) groups is 1. The van der Waals surface area contributed by atoms with Gasteiger partial charge in [0, 0.05) is 32.7 Å². The van der Waals surface area contributed by atoms with Crippen molar-refractivity contribution in [2.75, 3.05) is 31.1 Å². The molecular weight excluding hydrogens is 396 g/mol. The van der Waals surface area contributed by atoms with Gasteiger partial charge >= 0.3 is 5.97 Å². The van der Waals surface area contributed by atoms with Crippen LogP contribution in [0.5, 0.6) is 0 Å². The topological polar surface area (TPSA) is 105 Å². The standard InChI is InChI=1S/C22H24N6O3/c1-2-3-11-27-19-18(25-22(27)26-13-9-23-10-14-26)15-24-28(20(19)29)12-8-16-4-6-17(7-5-16)21(30)31/h4-7,15,23H,8-14H2,1H3,(H,30,31). The van der Waals surface area contributed by atoms with E-state index < -0.39 is 5.97 Å². The van der Waals surface area contributed by atoms with E-state index in [4.69, 9.17) is 10.1 Å². The maximum atomic E-state index is 13.3. The lowest BCUT2D eigenvalue weighted by molar-refractivity contribution is 0.0697. The lowest BCUT2D eigenvalue weighted by Crippen LogP contribution is -2.44. The van der Waals surface area contributed by atoms with Crippen molar-refractivity contribution in [1.82, 2.24) is 24.6 Å². The molecule has 0 atom stereocenters. The summed E-state index contributed by atoms with van der Waals surface area (Å²) in [6, 6.07) is 6.65. The molecule has 1 fully saturated rings. The number of imidazole rings is 1. The molecule has 0 bridgehead atoms. The van der Waals surface area contributed by atoms with Gasteiger partial charge < -0.3 is 15.3 Å². The molecular formula is C22H24N6O3. The van der Waals surface area contributed by atoms with E-state index in [9.17, 15) is 9.59 Å². The zero-order valence-corrected chi connectivity index (χ0v) is 17.3. The van der Waals surface area contributed by atoms with Crippen molar-refractivity contribution in [3.05, 3.63) is 51.9 Å². The van der Waals surface area contributed by atoms with Crippen LogP contribution in [0.1, 0.15) is 22.8 Å². The lowest BCUT2D eigenvalue weighted by atomic mass is 10.1. The van der Waals surface area contributed by atoms with Gasteiger partial charge in [0.25, 0.3) is 5.56 Å². The summed E-state index contributed by atoms with van der Waals surface area (Å²) in [4.78, 5) is 31.1. The third-order valence-corrected chi connectivity index (χ3v) is 5.36. The summed E-state index contributed by atoms with van der Waals surface area (Å²) in [6.07, 6.45) is 2.19. The summed E-state index contributed by atoms with van der Waals surface area (Å²) < 4.78 is 3.33. The summed E-state index contributed by atoms with van der Waals surface area (Å²) in [5.74, 6) is 5.74. The normalized spacial score (nSPS) is 13.8. The van der Waals surface area contributed by atoms with E-state index >= 15 is 0 Å². The number of benzene rings is 1. The molecule has 9 nitrogen and oxygen atoms in total. The molecule has 0 radical (unpaired) electrons. The Balaban J connectivity index is 1.65. The van der Waals surface area contributed by atoms with E-state index in [2.05, 4.69) is 27.2 Å². The van der Waals surface area contributed by atoms with Crippen LogP contribution in [0.2, 0.25) is 0 Å². The second kappa shape index (κ2) is 9.02. The quantitative estimate of drug-likeness (QED) is 0.573. The number of aromatic nitrogens is 4. The fourth-order valence-corrected chi connectivity index (χ4v) is 3.70. The fraction of sp³-hybridized carbons (Fsp3) is 0.364. The average molecular weight is 420 g/mol. The monoisotopic (exact) mass is 420 g/mol. The number of nitrogens with zero attached hydrogens (tertiary/aromatic N) is 5. The van der Waals surface area contributed by atoms with Crippen LogP contribution in [0.3, 0.4) is 0 Å². The molecule has 0 unspecified atom stereocenters. The van der Waals surface area contributed by atoms with Crippen molar-refractivity contribution < 1.29 is 9.90 Å². The first-order valence-electron chi connectivity index (χ1n) is 10.2. The summed E-state index contributed by atoms with van der Waals surface area (Å²) in [7, 11) is 0. The molecule has 0 aliphatic carbocycles. The molecule has 4 rings (SSSR count). The van der Waals surface area contributed by atoms with Crippen LogP contribution >= 0.6 is 0 Å². The van der Waals surface area contributed by atoms with Crippen LogP contribution in [-0.4, -0.2) is 56.6 Å². The van der Waals surface area contributed by atoms with Gasteiger partial charge in [0.05, 0.1) is 18.3 Å². The first-order valence-corrected chi connectivity index (χ1v) is 10.2. The van der Waals surface area contributed by atoms with Gasteiger partial charge in [0.2, 0.25) is 5.95 Å². The molecule has 0 saturated carbocycles. The average Bonchev–Trinajstić information content (AvgIpc) is 3.17. The van der Waals surface area contributed by atoms with Crippen LogP contribution in [0, 0.1) is 11.8 Å². The Bertz CT molecular complexity index is 1210. The van der Waals surface area contributed by atoms with Crippen LogP contribution in [0.25, 0.3) is 11.0 Å². The maximum Gasteiger partial charge on any atom is 0.335 e. The van der Waals surface area contributed by atoms with Gasteiger partial charge in [-0.1, -0.05) is 18.1 Å². The zero-order chi connectivity index (χ0) is 21.8. The number of aromatic carboxylic acids is 1. The number of nitrogens with one attached hydrogen (secondary N) is 1. The predicted octanol–water partition coefficient (Wildman–Crippen LogP) is 0.967. The highest BCUT2D eigenvalue weighted by molar-refractivity contribution is 5.87. The molecule has 0 amide bonds. The molecule has 1 aliphatic rings. The predicted molar refractivity (Wildman–Crippen MR) is 117 cm³/mol. The van der Waals surface area contributed by atoms with Gasteiger partial charge in [-0.3, -0.25) is 9.36 Å². The van der Waals surface area contributed by atoms with Gasteiger partial charge in [0.15, 0.2) is 0 Å². The molecule has 3 aromatic rings. The molecule has 1 saturated heterocycles. The summed E-state index contributed by atoms with van der Waals surface area (Å²) in [5, 5.41) is 16.7. The van der Waals surface area contributed by atoms with Crippen LogP contribution in [-0.2, 0) is 19.5 Å². The first-order chi connectivity index (χ1) is 15.1.